The van der Waals surface area contributed by atoms with Crippen molar-refractivity contribution in [3.8, 4) is 5.75 Å². The first kappa shape index (κ1) is 16.3. The van der Waals surface area contributed by atoms with E-state index in [2.05, 4.69) is 27.4 Å². The molecule has 4 rings (SSSR count). The number of carbonyl (C=O) groups is 1. The van der Waals surface area contributed by atoms with Gasteiger partial charge in [0.25, 0.3) is 0 Å². The maximum absolute atomic E-state index is 12.5. The Kier molecular flexibility index (Phi) is 4.35. The van der Waals surface area contributed by atoms with Gasteiger partial charge in [0.1, 0.15) is 5.75 Å². The van der Waals surface area contributed by atoms with Crippen LogP contribution in [0.2, 0.25) is 0 Å². The van der Waals surface area contributed by atoms with Crippen LogP contribution >= 0.6 is 0 Å². The van der Waals surface area contributed by atoms with Gasteiger partial charge in [-0.1, -0.05) is 42.5 Å². The Labute approximate surface area is 152 Å². The molecule has 1 heterocycles. The second-order valence-corrected chi connectivity index (χ2v) is 6.32. The highest BCUT2D eigenvalue weighted by atomic mass is 16.5. The molecule has 0 aliphatic heterocycles. The smallest absolute Gasteiger partial charge is 0.227 e. The molecule has 3 aromatic rings. The summed E-state index contributed by atoms with van der Waals surface area (Å²) in [5.41, 5.74) is 3.38. The quantitative estimate of drug-likeness (QED) is 0.770. The second-order valence-electron chi connectivity index (χ2n) is 6.32. The molecule has 1 N–H and O–H groups in total. The average Bonchev–Trinajstić information content (AvgIpc) is 2.69. The molecular weight excluding hydrogens is 326 g/mol. The number of Topliss-reactive ketones (excluding diaryl/α,β-unsaturated/α-hetero) is 1. The zero-order chi connectivity index (χ0) is 17.9. The minimum atomic E-state index is 0.101. The molecule has 130 valence electrons. The zero-order valence-electron chi connectivity index (χ0n) is 14.5. The fourth-order valence-electron chi connectivity index (χ4n) is 3.33. The fraction of sp³-hybridized carbons (Fsp3) is 0.190. The lowest BCUT2D eigenvalue weighted by atomic mass is 9.82. The Morgan fingerprint density at radius 1 is 1.04 bits per heavy atom. The summed E-state index contributed by atoms with van der Waals surface area (Å²) in [5, 5.41) is 3.18. The zero-order valence-corrected chi connectivity index (χ0v) is 14.5. The van der Waals surface area contributed by atoms with Crippen LogP contribution in [0.15, 0.2) is 60.8 Å². The number of para-hydroxylation sites is 2. The molecule has 2 aromatic carbocycles. The number of fused-ring (bicyclic) bond motifs is 1. The summed E-state index contributed by atoms with van der Waals surface area (Å²) in [4.78, 5) is 21.4. The minimum Gasteiger partial charge on any atom is -0.495 e. The molecule has 0 amide bonds. The standard InChI is InChI=1S/C21H19N3O2/c1-26-20-10-6-5-9-17(20)23-21-22-13-16-18(24-21)11-15(12-19(16)25)14-7-3-2-4-8-14/h2-10,13,15H,11-12H2,1H3,(H,22,23,24)/t15-/m1/s1. The minimum absolute atomic E-state index is 0.101. The largest absolute Gasteiger partial charge is 0.495 e. The Morgan fingerprint density at radius 3 is 2.62 bits per heavy atom. The van der Waals surface area contributed by atoms with Gasteiger partial charge in [-0.25, -0.2) is 9.97 Å². The van der Waals surface area contributed by atoms with Crippen LogP contribution in [0.1, 0.15) is 34.0 Å². The number of carbonyl (C=O) groups excluding carboxylic acids is 1. The first-order valence-electron chi connectivity index (χ1n) is 8.58. The summed E-state index contributed by atoms with van der Waals surface area (Å²) in [5.74, 6) is 1.44. The molecule has 1 atom stereocenters. The highest BCUT2D eigenvalue weighted by Crippen LogP contribution is 2.32. The van der Waals surface area contributed by atoms with Gasteiger partial charge in [0.05, 0.1) is 24.1 Å². The van der Waals surface area contributed by atoms with Crippen molar-refractivity contribution in [2.24, 2.45) is 0 Å². The molecule has 26 heavy (non-hydrogen) atoms. The van der Waals surface area contributed by atoms with Gasteiger partial charge in [-0.3, -0.25) is 4.79 Å². The number of ether oxygens (including phenoxy) is 1. The average molecular weight is 345 g/mol. The van der Waals surface area contributed by atoms with Crippen molar-refractivity contribution in [2.45, 2.75) is 18.8 Å². The Morgan fingerprint density at radius 2 is 1.81 bits per heavy atom. The lowest BCUT2D eigenvalue weighted by Crippen LogP contribution is -2.21. The van der Waals surface area contributed by atoms with E-state index in [0.717, 1.165) is 17.8 Å². The normalized spacial score (nSPS) is 16.0. The third kappa shape index (κ3) is 3.16. The summed E-state index contributed by atoms with van der Waals surface area (Å²) >= 11 is 0. The van der Waals surface area contributed by atoms with Gasteiger partial charge < -0.3 is 10.1 Å². The molecule has 0 saturated carbocycles. The Balaban J connectivity index is 1.63. The van der Waals surface area contributed by atoms with E-state index < -0.39 is 0 Å². The van der Waals surface area contributed by atoms with Crippen LogP contribution in [0.3, 0.4) is 0 Å². The summed E-state index contributed by atoms with van der Waals surface area (Å²) in [7, 11) is 1.62. The van der Waals surface area contributed by atoms with E-state index in [9.17, 15) is 4.79 Å². The van der Waals surface area contributed by atoms with Crippen LogP contribution in [0, 0.1) is 0 Å². The molecule has 0 spiro atoms. The fourth-order valence-corrected chi connectivity index (χ4v) is 3.33. The monoisotopic (exact) mass is 345 g/mol. The molecule has 5 nitrogen and oxygen atoms in total. The van der Waals surface area contributed by atoms with Gasteiger partial charge in [0.2, 0.25) is 5.95 Å². The van der Waals surface area contributed by atoms with Crippen molar-refractivity contribution in [2.75, 3.05) is 12.4 Å². The molecule has 0 bridgehead atoms. The van der Waals surface area contributed by atoms with Gasteiger partial charge in [-0.05, 0) is 30.0 Å². The van der Waals surface area contributed by atoms with E-state index in [4.69, 9.17) is 4.74 Å². The van der Waals surface area contributed by atoms with Gasteiger partial charge in [-0.2, -0.15) is 0 Å². The van der Waals surface area contributed by atoms with Crippen LogP contribution in [0.4, 0.5) is 11.6 Å². The molecular formula is C21H19N3O2. The second kappa shape index (κ2) is 6.96. The topological polar surface area (TPSA) is 64.1 Å². The SMILES string of the molecule is COc1ccccc1Nc1ncc2c(n1)C[C@@H](c1ccccc1)CC2=O. The van der Waals surface area contributed by atoms with E-state index in [0.29, 0.717) is 23.7 Å². The maximum atomic E-state index is 12.5. The highest BCUT2D eigenvalue weighted by molar-refractivity contribution is 5.98. The van der Waals surface area contributed by atoms with E-state index in [1.54, 1.807) is 13.3 Å². The number of hydrogen-bond donors (Lipinski definition) is 1. The highest BCUT2D eigenvalue weighted by Gasteiger charge is 2.28. The molecule has 5 heteroatoms. The molecule has 1 aliphatic carbocycles. The van der Waals surface area contributed by atoms with Crippen molar-refractivity contribution >= 4 is 17.4 Å². The van der Waals surface area contributed by atoms with Gasteiger partial charge in [0, 0.05) is 12.6 Å². The van der Waals surface area contributed by atoms with Crippen LogP contribution < -0.4 is 10.1 Å². The number of methoxy groups -OCH3 is 1. The number of aromatic nitrogens is 2. The number of hydrogen-bond acceptors (Lipinski definition) is 5. The third-order valence-corrected chi connectivity index (χ3v) is 4.66. The van der Waals surface area contributed by atoms with E-state index in [1.807, 2.05) is 42.5 Å². The van der Waals surface area contributed by atoms with Crippen molar-refractivity contribution in [1.29, 1.82) is 0 Å². The molecule has 1 aromatic heterocycles. The first-order valence-corrected chi connectivity index (χ1v) is 8.58. The van der Waals surface area contributed by atoms with Gasteiger partial charge >= 0.3 is 0 Å². The lowest BCUT2D eigenvalue weighted by molar-refractivity contribution is 0.0962. The van der Waals surface area contributed by atoms with Crippen molar-refractivity contribution in [3.63, 3.8) is 0 Å². The van der Waals surface area contributed by atoms with Crippen molar-refractivity contribution in [1.82, 2.24) is 9.97 Å². The number of nitrogens with one attached hydrogen (secondary N) is 1. The predicted octanol–water partition coefficient (Wildman–Crippen LogP) is 4.14. The van der Waals surface area contributed by atoms with E-state index >= 15 is 0 Å². The summed E-state index contributed by atoms with van der Waals surface area (Å²) < 4.78 is 5.35. The summed E-state index contributed by atoms with van der Waals surface area (Å²) in [6, 6.07) is 17.7. The van der Waals surface area contributed by atoms with Crippen LogP contribution in [0.25, 0.3) is 0 Å². The molecule has 0 saturated heterocycles. The summed E-state index contributed by atoms with van der Waals surface area (Å²) in [6.07, 6.45) is 2.86. The van der Waals surface area contributed by atoms with Gasteiger partial charge in [0.15, 0.2) is 5.78 Å². The number of ketones is 1. The van der Waals surface area contributed by atoms with Crippen LogP contribution in [0.5, 0.6) is 5.75 Å². The predicted molar refractivity (Wildman–Crippen MR) is 100 cm³/mol. The van der Waals surface area contributed by atoms with Crippen molar-refractivity contribution < 1.29 is 9.53 Å². The first-order chi connectivity index (χ1) is 12.7. The number of rotatable bonds is 4. The van der Waals surface area contributed by atoms with Gasteiger partial charge in [-0.15, -0.1) is 0 Å². The summed E-state index contributed by atoms with van der Waals surface area (Å²) in [6.45, 7) is 0. The third-order valence-electron chi connectivity index (χ3n) is 4.66. The maximum Gasteiger partial charge on any atom is 0.227 e. The van der Waals surface area contributed by atoms with Crippen molar-refractivity contribution in [3.05, 3.63) is 77.6 Å². The van der Waals surface area contributed by atoms with Crippen LogP contribution in [-0.2, 0) is 6.42 Å². The van der Waals surface area contributed by atoms with E-state index in [-0.39, 0.29) is 11.7 Å². The molecule has 0 fully saturated rings. The number of benzene rings is 2. The Hall–Kier alpha value is -3.21. The lowest BCUT2D eigenvalue weighted by Gasteiger charge is -2.23. The van der Waals surface area contributed by atoms with Crippen LogP contribution in [-0.4, -0.2) is 22.9 Å². The molecule has 1 aliphatic rings. The Bertz CT molecular complexity index is 941. The number of anilines is 2. The molecule has 0 unspecified atom stereocenters. The molecule has 0 radical (unpaired) electrons. The number of nitrogens with zero attached hydrogens (tertiary/aromatic N) is 2. The van der Waals surface area contributed by atoms with E-state index in [1.165, 1.54) is 5.56 Å².